The minimum atomic E-state index is -0.983. The molecule has 1 aliphatic rings. The summed E-state index contributed by atoms with van der Waals surface area (Å²) in [5.74, 6) is -1.20. The van der Waals surface area contributed by atoms with Crippen LogP contribution in [0.1, 0.15) is 90.7 Å². The van der Waals surface area contributed by atoms with Gasteiger partial charge in [-0.1, -0.05) is 24.3 Å². The first kappa shape index (κ1) is 36.8. The highest BCUT2D eigenvalue weighted by molar-refractivity contribution is 5.98. The number of allylic oxidation sites excluding steroid dienone is 1. The van der Waals surface area contributed by atoms with Gasteiger partial charge in [0.05, 0.1) is 38.5 Å². The van der Waals surface area contributed by atoms with E-state index in [0.29, 0.717) is 73.6 Å². The molecule has 5 rings (SSSR count). The Morgan fingerprint density at radius 2 is 1.76 bits per heavy atom. The molecule has 0 saturated heterocycles. The highest BCUT2D eigenvalue weighted by Gasteiger charge is 2.32. The second-order valence-corrected chi connectivity index (χ2v) is 12.6. The van der Waals surface area contributed by atoms with Gasteiger partial charge in [-0.15, -0.1) is 0 Å². The molecule has 4 N–H and O–H groups in total. The fourth-order valence-corrected chi connectivity index (χ4v) is 6.41. The maximum absolute atomic E-state index is 13.7. The van der Waals surface area contributed by atoms with E-state index in [0.717, 1.165) is 11.0 Å². The lowest BCUT2D eigenvalue weighted by molar-refractivity contribution is -0.121. The normalized spacial score (nSPS) is 16.7. The number of para-hydroxylation sites is 2. The van der Waals surface area contributed by atoms with E-state index in [2.05, 4.69) is 15.3 Å². The van der Waals surface area contributed by atoms with E-state index in [-0.39, 0.29) is 47.1 Å². The molecule has 51 heavy (non-hydrogen) atoms. The summed E-state index contributed by atoms with van der Waals surface area (Å²) in [6.45, 7) is 2.00. The van der Waals surface area contributed by atoms with Crippen molar-refractivity contribution in [2.75, 3.05) is 27.9 Å². The molecule has 0 radical (unpaired) electrons. The smallest absolute Gasteiger partial charge is 0.342 e. The number of nitrogens with one attached hydrogen (secondary N) is 2. The van der Waals surface area contributed by atoms with Crippen molar-refractivity contribution in [2.24, 2.45) is 0 Å². The van der Waals surface area contributed by atoms with E-state index in [1.807, 2.05) is 24.3 Å². The average molecular weight is 700 g/mol. The van der Waals surface area contributed by atoms with E-state index >= 15 is 0 Å². The zero-order valence-corrected chi connectivity index (χ0v) is 29.4. The number of methoxy groups -OCH3 is 3. The lowest BCUT2D eigenvalue weighted by Crippen LogP contribution is -2.28. The van der Waals surface area contributed by atoms with Gasteiger partial charge in [-0.25, -0.2) is 9.78 Å². The van der Waals surface area contributed by atoms with Gasteiger partial charge in [-0.3, -0.25) is 9.59 Å². The molecule has 2 heterocycles. The standard InChI is InChI=1S/C39H45N3O9/c1-23-11-10-14-26(43)13-7-5-6-12-24-19-30(44)36(37(46)35(24)39(47)51-23)27(25-20-31(48-2)38(50-4)32(21-25)49-3)22-34(45)40-18-17-33-41-28-15-8-9-16-29(28)42-33/h6,8-9,12,15-16,19-21,23,27,44,46H,5,7,10-11,13-14,17-18,22H2,1-4H3,(H,40,45)(H,41,42)/b12-6+/t23-,27?/m0/s1. The number of hydrogen-bond donors (Lipinski definition) is 4. The quantitative estimate of drug-likeness (QED) is 0.137. The number of ether oxygens (including phenoxy) is 4. The summed E-state index contributed by atoms with van der Waals surface area (Å²) in [6.07, 6.45) is 6.17. The van der Waals surface area contributed by atoms with Gasteiger partial charge in [-0.05, 0) is 74.1 Å². The van der Waals surface area contributed by atoms with Crippen LogP contribution in [0.2, 0.25) is 0 Å². The number of rotatable bonds is 10. The van der Waals surface area contributed by atoms with Crippen molar-refractivity contribution in [3.8, 4) is 28.7 Å². The first-order valence-corrected chi connectivity index (χ1v) is 17.1. The van der Waals surface area contributed by atoms with Crippen LogP contribution in [-0.2, 0) is 20.7 Å². The SMILES string of the molecule is COc1cc(C(CC(=O)NCCc2nc3ccccc3[nH]2)c2c(O)cc3c(c2O)C(=O)O[C@@H](C)CCCC(=O)CCC/C=C/3)cc(OC)c1OC. The summed E-state index contributed by atoms with van der Waals surface area (Å²) in [5, 5.41) is 26.4. The van der Waals surface area contributed by atoms with E-state index < -0.39 is 23.7 Å². The number of carbonyl (C=O) groups excluding carboxylic acids is 3. The number of ketones is 1. The third kappa shape index (κ3) is 8.80. The zero-order valence-electron chi connectivity index (χ0n) is 29.4. The molecular weight excluding hydrogens is 654 g/mol. The zero-order chi connectivity index (χ0) is 36.5. The maximum Gasteiger partial charge on any atom is 0.342 e. The molecule has 0 bridgehead atoms. The van der Waals surface area contributed by atoms with Gasteiger partial charge < -0.3 is 39.5 Å². The number of nitrogens with zero attached hydrogens (tertiary/aromatic N) is 1. The molecule has 3 aromatic carbocycles. The fourth-order valence-electron chi connectivity index (χ4n) is 6.41. The number of benzene rings is 3. The summed E-state index contributed by atoms with van der Waals surface area (Å²) in [6, 6.07) is 12.3. The Balaban J connectivity index is 1.54. The molecule has 1 aromatic heterocycles. The van der Waals surface area contributed by atoms with Crippen LogP contribution in [0.15, 0.2) is 48.5 Å². The van der Waals surface area contributed by atoms with Crippen molar-refractivity contribution < 1.29 is 43.5 Å². The van der Waals surface area contributed by atoms with E-state index in [1.165, 1.54) is 27.4 Å². The van der Waals surface area contributed by atoms with Gasteiger partial charge in [-0.2, -0.15) is 0 Å². The monoisotopic (exact) mass is 699 g/mol. The third-order valence-electron chi connectivity index (χ3n) is 9.00. The first-order valence-electron chi connectivity index (χ1n) is 17.1. The third-order valence-corrected chi connectivity index (χ3v) is 9.00. The summed E-state index contributed by atoms with van der Waals surface area (Å²) in [4.78, 5) is 47.4. The second kappa shape index (κ2) is 16.9. The number of phenolic OH excluding ortho intramolecular Hbond substituents is 2. The number of H-pyrrole nitrogens is 1. The lowest BCUT2D eigenvalue weighted by atomic mass is 9.84. The van der Waals surface area contributed by atoms with Crippen LogP contribution in [-0.4, -0.2) is 71.8 Å². The summed E-state index contributed by atoms with van der Waals surface area (Å²) in [5.41, 5.74) is 2.24. The van der Waals surface area contributed by atoms with E-state index in [1.54, 1.807) is 31.2 Å². The van der Waals surface area contributed by atoms with Crippen LogP contribution in [0.5, 0.6) is 28.7 Å². The van der Waals surface area contributed by atoms with Gasteiger partial charge in [0, 0.05) is 43.7 Å². The Kier molecular flexibility index (Phi) is 12.2. The number of hydrogen-bond acceptors (Lipinski definition) is 10. The summed E-state index contributed by atoms with van der Waals surface area (Å²) >= 11 is 0. The number of amides is 1. The Labute approximate surface area is 296 Å². The van der Waals surface area contributed by atoms with Gasteiger partial charge in [0.1, 0.15) is 28.7 Å². The number of carbonyl (C=O) groups is 3. The van der Waals surface area contributed by atoms with Gasteiger partial charge >= 0.3 is 5.97 Å². The largest absolute Gasteiger partial charge is 0.507 e. The van der Waals surface area contributed by atoms with Crippen LogP contribution >= 0.6 is 0 Å². The molecule has 1 aliphatic heterocycles. The number of aromatic nitrogens is 2. The number of phenols is 2. The molecule has 12 heteroatoms. The van der Waals surface area contributed by atoms with Crippen LogP contribution < -0.4 is 19.5 Å². The number of aromatic hydroxyl groups is 2. The minimum absolute atomic E-state index is 0.0415. The molecule has 1 amide bonds. The average Bonchev–Trinajstić information content (AvgIpc) is 3.52. The molecule has 0 spiro atoms. The predicted molar refractivity (Wildman–Crippen MR) is 192 cm³/mol. The number of fused-ring (bicyclic) bond motifs is 2. The Morgan fingerprint density at radius 3 is 2.47 bits per heavy atom. The Bertz CT molecular complexity index is 1860. The number of aromatic amines is 1. The predicted octanol–water partition coefficient (Wildman–Crippen LogP) is 6.36. The molecular formula is C39H45N3O9. The summed E-state index contributed by atoms with van der Waals surface area (Å²) in [7, 11) is 4.39. The highest BCUT2D eigenvalue weighted by Crippen LogP contribution is 2.47. The molecule has 0 aliphatic carbocycles. The molecule has 12 nitrogen and oxygen atoms in total. The van der Waals surface area contributed by atoms with E-state index in [4.69, 9.17) is 18.9 Å². The molecule has 4 aromatic rings. The molecule has 1 unspecified atom stereocenters. The number of imidazole rings is 1. The minimum Gasteiger partial charge on any atom is -0.507 e. The van der Waals surface area contributed by atoms with Crippen LogP contribution in [0, 0.1) is 0 Å². The molecule has 0 saturated carbocycles. The van der Waals surface area contributed by atoms with Gasteiger partial charge in [0.2, 0.25) is 11.7 Å². The van der Waals surface area contributed by atoms with Crippen LogP contribution in [0.4, 0.5) is 0 Å². The van der Waals surface area contributed by atoms with Crippen molar-refractivity contribution >= 4 is 34.8 Å². The van der Waals surface area contributed by atoms with E-state index in [9.17, 15) is 24.6 Å². The second-order valence-electron chi connectivity index (χ2n) is 12.6. The van der Waals surface area contributed by atoms with Gasteiger partial charge in [0.25, 0.3) is 0 Å². The maximum atomic E-state index is 13.7. The molecule has 2 atom stereocenters. The Morgan fingerprint density at radius 1 is 1.04 bits per heavy atom. The number of esters is 1. The van der Waals surface area contributed by atoms with Crippen molar-refractivity contribution in [1.29, 1.82) is 0 Å². The Hall–Kier alpha value is -5.52. The number of Topliss-reactive ketones (excluding diaryl/α,β-unsaturated/α-hetero) is 1. The first-order chi connectivity index (χ1) is 24.6. The van der Waals surface area contributed by atoms with Crippen LogP contribution in [0.3, 0.4) is 0 Å². The molecule has 0 fully saturated rings. The van der Waals surface area contributed by atoms with Crippen molar-refractivity contribution in [2.45, 2.75) is 70.3 Å². The molecule has 270 valence electrons. The van der Waals surface area contributed by atoms with Crippen molar-refractivity contribution in [3.05, 3.63) is 76.6 Å². The van der Waals surface area contributed by atoms with Crippen molar-refractivity contribution in [1.82, 2.24) is 15.3 Å². The van der Waals surface area contributed by atoms with Crippen molar-refractivity contribution in [3.63, 3.8) is 0 Å². The number of cyclic esters (lactones) is 1. The fraction of sp³-hybridized carbons (Fsp3) is 0.385. The van der Waals surface area contributed by atoms with Gasteiger partial charge in [0.15, 0.2) is 11.5 Å². The lowest BCUT2D eigenvalue weighted by Gasteiger charge is -2.24. The highest BCUT2D eigenvalue weighted by atomic mass is 16.5. The summed E-state index contributed by atoms with van der Waals surface area (Å²) < 4.78 is 22.4. The van der Waals surface area contributed by atoms with Crippen LogP contribution in [0.25, 0.3) is 17.1 Å². The topological polar surface area (TPSA) is 169 Å².